The van der Waals surface area contributed by atoms with Gasteiger partial charge in [-0.15, -0.1) is 22.7 Å². The van der Waals surface area contributed by atoms with Gasteiger partial charge in [0.15, 0.2) is 0 Å². The highest BCUT2D eigenvalue weighted by Crippen LogP contribution is 2.55. The van der Waals surface area contributed by atoms with Gasteiger partial charge in [-0.2, -0.15) is 0 Å². The van der Waals surface area contributed by atoms with Crippen LogP contribution in [0.5, 0.6) is 0 Å². The van der Waals surface area contributed by atoms with E-state index in [2.05, 4.69) is 164 Å². The van der Waals surface area contributed by atoms with Crippen LogP contribution in [0.25, 0.3) is 85.3 Å². The molecule has 1 nitrogen and oxygen atoms in total. The number of hydrogen-bond acceptors (Lipinski definition) is 2. The molecule has 0 amide bonds. The van der Waals surface area contributed by atoms with Crippen molar-refractivity contribution >= 4 is 91.1 Å². The molecule has 0 fully saturated rings. The summed E-state index contributed by atoms with van der Waals surface area (Å²) < 4.78 is 8.06. The number of allylic oxidation sites excluding steroid dienone is 5. The van der Waals surface area contributed by atoms with E-state index in [0.29, 0.717) is 5.92 Å². The van der Waals surface area contributed by atoms with Crippen molar-refractivity contribution in [1.29, 1.82) is 0 Å². The van der Waals surface area contributed by atoms with Crippen molar-refractivity contribution < 1.29 is 0 Å². The molecule has 3 aliphatic rings. The molecule has 54 heavy (non-hydrogen) atoms. The summed E-state index contributed by atoms with van der Waals surface area (Å²) >= 11 is 3.85. The lowest BCUT2D eigenvalue weighted by Crippen LogP contribution is -2.24. The van der Waals surface area contributed by atoms with Crippen LogP contribution in [0.4, 0.5) is 0 Å². The van der Waals surface area contributed by atoms with Crippen molar-refractivity contribution in [1.82, 2.24) is 4.57 Å². The SMILES string of the molecule is CC1(C)c2ccccc2C2=CC=C(c3cc(-n4c5c(c6cc(-c7ccc8c(c7)sc7ccccc78)ccc64)C=CCC5)cc4c3sc3ccccc34)CC21. The van der Waals surface area contributed by atoms with E-state index in [4.69, 9.17) is 0 Å². The zero-order chi connectivity index (χ0) is 35.7. The largest absolute Gasteiger partial charge is 0.313 e. The molecule has 0 aliphatic heterocycles. The fourth-order valence-electron chi connectivity index (χ4n) is 10.1. The van der Waals surface area contributed by atoms with Gasteiger partial charge in [-0.3, -0.25) is 0 Å². The van der Waals surface area contributed by atoms with E-state index in [-0.39, 0.29) is 5.41 Å². The monoisotopic (exact) mass is 727 g/mol. The smallest absolute Gasteiger partial charge is 0.0538 e. The minimum absolute atomic E-state index is 0.0834. The van der Waals surface area contributed by atoms with E-state index in [1.807, 2.05) is 22.7 Å². The second kappa shape index (κ2) is 11.3. The Morgan fingerprint density at radius 2 is 1.37 bits per heavy atom. The lowest BCUT2D eigenvalue weighted by molar-refractivity contribution is 0.418. The highest BCUT2D eigenvalue weighted by atomic mass is 32.1. The van der Waals surface area contributed by atoms with Gasteiger partial charge in [0.25, 0.3) is 0 Å². The van der Waals surface area contributed by atoms with E-state index < -0.39 is 0 Å². The molecule has 258 valence electrons. The summed E-state index contributed by atoms with van der Waals surface area (Å²) in [5.41, 5.74) is 15.2. The standard InChI is InChI=1S/C51H37NS2/c1-51(2)43-15-7-3-11-34(43)35-22-20-32(26-44(35)51)40-28-33(29-42-38-14-6-10-18-48(38)54-50(40)42)52-45-16-8-4-12-36(45)41-25-30(21-24-46(41)52)31-19-23-39-37-13-5-9-17-47(37)53-49(39)27-31/h3-7,9-15,17-25,27-29,44H,8,16,26H2,1-2H3. The zero-order valence-electron chi connectivity index (χ0n) is 30.3. The lowest BCUT2D eigenvalue weighted by atomic mass is 9.72. The summed E-state index contributed by atoms with van der Waals surface area (Å²) in [5, 5.41) is 6.75. The summed E-state index contributed by atoms with van der Waals surface area (Å²) in [6.07, 6.45) is 12.8. The molecule has 6 aromatic carbocycles. The summed E-state index contributed by atoms with van der Waals surface area (Å²) in [4.78, 5) is 0. The molecular weight excluding hydrogens is 691 g/mol. The minimum atomic E-state index is 0.0834. The first-order valence-electron chi connectivity index (χ1n) is 19.2. The third-order valence-electron chi connectivity index (χ3n) is 12.8. The Hall–Kier alpha value is -5.48. The topological polar surface area (TPSA) is 4.93 Å². The molecule has 1 unspecified atom stereocenters. The maximum absolute atomic E-state index is 2.60. The molecule has 3 aromatic heterocycles. The van der Waals surface area contributed by atoms with Crippen LogP contribution in [-0.2, 0) is 11.8 Å². The number of hydrogen-bond donors (Lipinski definition) is 0. The summed E-state index contributed by atoms with van der Waals surface area (Å²) in [7, 11) is 0. The highest BCUT2D eigenvalue weighted by Gasteiger charge is 2.43. The van der Waals surface area contributed by atoms with Crippen molar-refractivity contribution in [2.24, 2.45) is 5.92 Å². The van der Waals surface area contributed by atoms with Gasteiger partial charge in [0.05, 0.1) is 5.52 Å². The first-order valence-corrected chi connectivity index (χ1v) is 20.9. The van der Waals surface area contributed by atoms with Crippen LogP contribution in [0.1, 0.15) is 54.6 Å². The fourth-order valence-corrected chi connectivity index (χ4v) is 12.5. The average Bonchev–Trinajstić information content (AvgIpc) is 3.94. The number of aromatic nitrogens is 1. The summed E-state index contributed by atoms with van der Waals surface area (Å²) in [6, 6.07) is 46.1. The molecule has 0 saturated carbocycles. The molecule has 9 aromatic rings. The summed E-state index contributed by atoms with van der Waals surface area (Å²) in [5.74, 6) is 0.457. The van der Waals surface area contributed by atoms with Crippen LogP contribution >= 0.6 is 22.7 Å². The normalized spacial score (nSPS) is 17.3. The summed E-state index contributed by atoms with van der Waals surface area (Å²) in [6.45, 7) is 4.90. The van der Waals surface area contributed by atoms with Gasteiger partial charge in [-0.25, -0.2) is 0 Å². The Morgan fingerprint density at radius 3 is 2.26 bits per heavy atom. The van der Waals surface area contributed by atoms with Gasteiger partial charge in [0, 0.05) is 62.7 Å². The van der Waals surface area contributed by atoms with Crippen LogP contribution in [-0.4, -0.2) is 4.57 Å². The van der Waals surface area contributed by atoms with E-state index >= 15 is 0 Å². The third-order valence-corrected chi connectivity index (χ3v) is 15.1. The van der Waals surface area contributed by atoms with Crippen molar-refractivity contribution in [3.05, 3.63) is 168 Å². The van der Waals surface area contributed by atoms with Crippen molar-refractivity contribution in [3.63, 3.8) is 0 Å². The maximum Gasteiger partial charge on any atom is 0.0538 e. The van der Waals surface area contributed by atoms with Crippen molar-refractivity contribution in [3.8, 4) is 16.8 Å². The van der Waals surface area contributed by atoms with E-state index in [1.54, 1.807) is 0 Å². The van der Waals surface area contributed by atoms with Crippen molar-refractivity contribution in [2.45, 2.75) is 38.5 Å². The third kappa shape index (κ3) is 4.31. The minimum Gasteiger partial charge on any atom is -0.313 e. The van der Waals surface area contributed by atoms with Gasteiger partial charge in [0.2, 0.25) is 0 Å². The quantitative estimate of drug-likeness (QED) is 0.171. The Morgan fingerprint density at radius 1 is 0.630 bits per heavy atom. The maximum atomic E-state index is 2.60. The molecule has 12 rings (SSSR count). The highest BCUT2D eigenvalue weighted by molar-refractivity contribution is 7.26. The predicted molar refractivity (Wildman–Crippen MR) is 235 cm³/mol. The van der Waals surface area contributed by atoms with Gasteiger partial charge in [0.1, 0.15) is 0 Å². The van der Waals surface area contributed by atoms with Crippen molar-refractivity contribution in [2.75, 3.05) is 0 Å². The Kier molecular flexibility index (Phi) is 6.46. The van der Waals surface area contributed by atoms with Crippen LogP contribution in [0.3, 0.4) is 0 Å². The molecular formula is C51H37NS2. The molecule has 0 bridgehead atoms. The van der Waals surface area contributed by atoms with E-state index in [1.165, 1.54) is 107 Å². The number of thiophene rings is 2. The molecule has 0 radical (unpaired) electrons. The van der Waals surface area contributed by atoms with Gasteiger partial charge in [-0.05, 0) is 112 Å². The van der Waals surface area contributed by atoms with E-state index in [0.717, 1.165) is 19.3 Å². The lowest BCUT2D eigenvalue weighted by Gasteiger charge is -2.32. The molecule has 0 N–H and O–H groups in total. The molecule has 0 spiro atoms. The van der Waals surface area contributed by atoms with Gasteiger partial charge < -0.3 is 4.57 Å². The van der Waals surface area contributed by atoms with Crippen LogP contribution in [0, 0.1) is 5.92 Å². The van der Waals surface area contributed by atoms with Crippen LogP contribution in [0.15, 0.2) is 140 Å². The first kappa shape index (κ1) is 30.9. The van der Waals surface area contributed by atoms with E-state index in [9.17, 15) is 0 Å². The van der Waals surface area contributed by atoms with Gasteiger partial charge >= 0.3 is 0 Å². The predicted octanol–water partition coefficient (Wildman–Crippen LogP) is 14.8. The Balaban J connectivity index is 1.05. The van der Waals surface area contributed by atoms with Crippen LogP contribution in [0.2, 0.25) is 0 Å². The zero-order valence-corrected chi connectivity index (χ0v) is 32.0. The second-order valence-electron chi connectivity index (χ2n) is 16.0. The Bertz CT molecular complexity index is 3170. The van der Waals surface area contributed by atoms with Crippen LogP contribution < -0.4 is 0 Å². The number of nitrogens with zero attached hydrogens (tertiary/aromatic N) is 1. The molecule has 0 saturated heterocycles. The average molecular weight is 728 g/mol. The number of rotatable bonds is 3. The number of benzene rings is 6. The molecule has 3 heteroatoms. The van der Waals surface area contributed by atoms with Gasteiger partial charge in [-0.1, -0.05) is 117 Å². The molecule has 3 aliphatic carbocycles. The Labute approximate surface area is 322 Å². The molecule has 3 heterocycles. The number of fused-ring (bicyclic) bond motifs is 12. The fraction of sp³-hybridized carbons (Fsp3) is 0.137. The second-order valence-corrected chi connectivity index (χ2v) is 18.1. The first-order chi connectivity index (χ1) is 26.5. The molecule has 1 atom stereocenters.